The van der Waals surface area contributed by atoms with Crippen LogP contribution >= 0.6 is 0 Å². The van der Waals surface area contributed by atoms with Crippen molar-refractivity contribution in [2.24, 2.45) is 0 Å². The summed E-state index contributed by atoms with van der Waals surface area (Å²) in [6.07, 6.45) is -5.13. The minimum absolute atomic E-state index is 0.401. The van der Waals surface area contributed by atoms with Crippen molar-refractivity contribution in [2.75, 3.05) is 13.2 Å². The number of aliphatic hydroxyl groups excluding tert-OH is 4. The Kier molecular flexibility index (Phi) is 6.24. The van der Waals surface area contributed by atoms with Gasteiger partial charge in [0.1, 0.15) is 18.3 Å². The molecule has 0 aromatic carbocycles. The van der Waals surface area contributed by atoms with E-state index in [2.05, 4.69) is 11.3 Å². The molecule has 0 bridgehead atoms. The van der Waals surface area contributed by atoms with E-state index in [4.69, 9.17) is 15.3 Å². The van der Waals surface area contributed by atoms with Gasteiger partial charge in [-0.3, -0.25) is 0 Å². The van der Waals surface area contributed by atoms with Crippen LogP contribution in [-0.2, 0) is 9.53 Å². The third kappa shape index (κ3) is 3.73. The lowest BCUT2D eigenvalue weighted by Gasteiger charge is -2.32. The van der Waals surface area contributed by atoms with E-state index in [-0.39, 0.29) is 0 Å². The molecule has 8 nitrogen and oxygen atoms in total. The second kappa shape index (κ2) is 6.64. The number of carboxylic acids is 1. The average Bonchev–Trinajstić information content (AvgIpc) is 2.32. The molecule has 0 unspecified atom stereocenters. The number of hydrogen-bond donors (Lipinski definition) is 6. The van der Waals surface area contributed by atoms with Crippen LogP contribution in [0.2, 0.25) is 0 Å². The molecule has 17 heavy (non-hydrogen) atoms. The maximum atomic E-state index is 10.8. The summed E-state index contributed by atoms with van der Waals surface area (Å²) in [5.41, 5.74) is 0. The molecule has 0 amide bonds. The van der Waals surface area contributed by atoms with Crippen LogP contribution in [0.15, 0.2) is 12.7 Å². The first-order chi connectivity index (χ1) is 7.81. The Morgan fingerprint density at radius 3 is 2.29 bits per heavy atom. The lowest BCUT2D eigenvalue weighted by molar-refractivity contribution is -0.275. The van der Waals surface area contributed by atoms with E-state index in [1.165, 1.54) is 0 Å². The van der Waals surface area contributed by atoms with E-state index >= 15 is 0 Å². The summed E-state index contributed by atoms with van der Waals surface area (Å²) >= 11 is 0. The SMILES string of the molecule is C=CCO[C@@](O)(C(=O)O)[C@@H](O)[C@H](O)[C@H](O)CO. The van der Waals surface area contributed by atoms with Crippen LogP contribution < -0.4 is 0 Å². The van der Waals surface area contributed by atoms with Crippen LogP contribution in [0.25, 0.3) is 0 Å². The van der Waals surface area contributed by atoms with Crippen LogP contribution in [0, 0.1) is 0 Å². The fourth-order valence-corrected chi connectivity index (χ4v) is 1.01. The first-order valence-electron chi connectivity index (χ1n) is 4.67. The number of rotatable bonds is 8. The first kappa shape index (κ1) is 16.0. The quantitative estimate of drug-likeness (QED) is 0.198. The predicted molar refractivity (Wildman–Crippen MR) is 53.8 cm³/mol. The zero-order valence-electron chi connectivity index (χ0n) is 8.93. The smallest absolute Gasteiger partial charge is 0.367 e. The van der Waals surface area contributed by atoms with Crippen LogP contribution in [0.4, 0.5) is 0 Å². The molecule has 0 aromatic rings. The van der Waals surface area contributed by atoms with Crippen molar-refractivity contribution in [3.63, 3.8) is 0 Å². The van der Waals surface area contributed by atoms with E-state index in [0.29, 0.717) is 0 Å². The highest BCUT2D eigenvalue weighted by molar-refractivity contribution is 5.76. The molecule has 4 atom stereocenters. The van der Waals surface area contributed by atoms with E-state index in [1.54, 1.807) is 0 Å². The first-order valence-corrected chi connectivity index (χ1v) is 4.67. The Morgan fingerprint density at radius 1 is 1.41 bits per heavy atom. The summed E-state index contributed by atoms with van der Waals surface area (Å²) in [5, 5.41) is 54.5. The molecule has 8 heteroatoms. The van der Waals surface area contributed by atoms with E-state index < -0.39 is 43.3 Å². The normalized spacial score (nSPS) is 20.1. The second-order valence-electron chi connectivity index (χ2n) is 3.29. The fraction of sp³-hybridized carbons (Fsp3) is 0.667. The van der Waals surface area contributed by atoms with Crippen molar-refractivity contribution in [2.45, 2.75) is 24.1 Å². The molecule has 0 aromatic heterocycles. The van der Waals surface area contributed by atoms with Crippen LogP contribution in [0.5, 0.6) is 0 Å². The monoisotopic (exact) mass is 252 g/mol. The van der Waals surface area contributed by atoms with Crippen molar-refractivity contribution in [1.82, 2.24) is 0 Å². The van der Waals surface area contributed by atoms with Gasteiger partial charge in [0, 0.05) is 0 Å². The van der Waals surface area contributed by atoms with Gasteiger partial charge < -0.3 is 35.4 Å². The molecular formula is C9H16O8. The molecule has 0 heterocycles. The minimum atomic E-state index is -3.11. The lowest BCUT2D eigenvalue weighted by Crippen LogP contribution is -2.59. The van der Waals surface area contributed by atoms with Crippen LogP contribution in [-0.4, -0.2) is 73.9 Å². The Labute approximate surface area is 97.0 Å². The number of hydrogen-bond acceptors (Lipinski definition) is 7. The highest BCUT2D eigenvalue weighted by Crippen LogP contribution is 2.18. The largest absolute Gasteiger partial charge is 0.477 e. The van der Waals surface area contributed by atoms with E-state index in [1.807, 2.05) is 0 Å². The van der Waals surface area contributed by atoms with E-state index in [9.17, 15) is 20.1 Å². The molecule has 0 aliphatic carbocycles. The second-order valence-corrected chi connectivity index (χ2v) is 3.29. The van der Waals surface area contributed by atoms with Gasteiger partial charge in [-0.25, -0.2) is 4.79 Å². The summed E-state index contributed by atoms with van der Waals surface area (Å²) in [7, 11) is 0. The summed E-state index contributed by atoms with van der Waals surface area (Å²) in [6.45, 7) is 1.89. The van der Waals surface area contributed by atoms with Gasteiger partial charge in [0.15, 0.2) is 0 Å². The molecule has 0 saturated heterocycles. The maximum absolute atomic E-state index is 10.8. The van der Waals surface area contributed by atoms with Crippen molar-refractivity contribution in [1.29, 1.82) is 0 Å². The van der Waals surface area contributed by atoms with Crippen LogP contribution in [0.1, 0.15) is 0 Å². The molecule has 0 rings (SSSR count). The Morgan fingerprint density at radius 2 is 1.94 bits per heavy atom. The van der Waals surface area contributed by atoms with Gasteiger partial charge in [-0.2, -0.15) is 0 Å². The summed E-state index contributed by atoms with van der Waals surface area (Å²) in [5.74, 6) is -5.06. The van der Waals surface area contributed by atoms with Gasteiger partial charge in [-0.1, -0.05) is 6.08 Å². The summed E-state index contributed by atoms with van der Waals surface area (Å²) in [6, 6.07) is 0. The van der Waals surface area contributed by atoms with E-state index in [0.717, 1.165) is 6.08 Å². The average molecular weight is 252 g/mol. The van der Waals surface area contributed by atoms with Crippen molar-refractivity contribution >= 4 is 5.97 Å². The molecule has 6 N–H and O–H groups in total. The molecule has 0 fully saturated rings. The van der Waals surface area contributed by atoms with Crippen molar-refractivity contribution in [3.8, 4) is 0 Å². The van der Waals surface area contributed by atoms with Gasteiger partial charge in [0.25, 0.3) is 5.79 Å². The summed E-state index contributed by atoms with van der Waals surface area (Å²) in [4.78, 5) is 10.8. The zero-order chi connectivity index (χ0) is 13.6. The maximum Gasteiger partial charge on any atom is 0.367 e. The minimum Gasteiger partial charge on any atom is -0.477 e. The number of carbonyl (C=O) groups is 1. The van der Waals surface area contributed by atoms with Gasteiger partial charge in [0.05, 0.1) is 13.2 Å². The van der Waals surface area contributed by atoms with Crippen molar-refractivity contribution < 1.29 is 40.2 Å². The van der Waals surface area contributed by atoms with Gasteiger partial charge in [-0.15, -0.1) is 6.58 Å². The third-order valence-corrected chi connectivity index (χ3v) is 2.03. The highest BCUT2D eigenvalue weighted by atomic mass is 16.7. The van der Waals surface area contributed by atoms with Gasteiger partial charge in [0.2, 0.25) is 0 Å². The van der Waals surface area contributed by atoms with Gasteiger partial charge >= 0.3 is 5.97 Å². The number of carboxylic acid groups (broad SMARTS) is 1. The Bertz CT molecular complexity index is 268. The molecule has 0 radical (unpaired) electrons. The molecule has 0 aliphatic heterocycles. The number of aliphatic hydroxyl groups is 5. The molecule has 0 aliphatic rings. The molecule has 0 saturated carbocycles. The van der Waals surface area contributed by atoms with Gasteiger partial charge in [-0.05, 0) is 0 Å². The molecular weight excluding hydrogens is 236 g/mol. The third-order valence-electron chi connectivity index (χ3n) is 2.03. The topological polar surface area (TPSA) is 148 Å². The number of aliphatic carboxylic acids is 1. The predicted octanol–water partition coefficient (Wildman–Crippen LogP) is -2.96. The Hall–Kier alpha value is -1.03. The lowest BCUT2D eigenvalue weighted by atomic mass is 10.0. The van der Waals surface area contributed by atoms with Crippen LogP contribution in [0.3, 0.4) is 0 Å². The molecule has 100 valence electrons. The zero-order valence-corrected chi connectivity index (χ0v) is 8.93. The Balaban J connectivity index is 4.92. The summed E-state index contributed by atoms with van der Waals surface area (Å²) < 4.78 is 4.45. The highest BCUT2D eigenvalue weighted by Gasteiger charge is 2.50. The number of ether oxygens (including phenoxy) is 1. The van der Waals surface area contributed by atoms with Crippen molar-refractivity contribution in [3.05, 3.63) is 12.7 Å². The standard InChI is InChI=1S/C9H16O8/c1-2-3-17-9(16,8(14)15)7(13)6(12)5(11)4-10/h2,5-7,10-13,16H,1,3-4H2,(H,14,15)/t5-,6-,7+,9-/m1/s1. The fourth-order valence-electron chi connectivity index (χ4n) is 1.01. The molecule has 0 spiro atoms.